The second kappa shape index (κ2) is 7.62. The molecule has 0 spiro atoms. The maximum atomic E-state index is 12.6. The first kappa shape index (κ1) is 19.3. The third-order valence-corrected chi connectivity index (χ3v) is 5.10. The van der Waals surface area contributed by atoms with Crippen molar-refractivity contribution in [3.05, 3.63) is 47.8 Å². The van der Waals surface area contributed by atoms with Gasteiger partial charge in [-0.2, -0.15) is 18.3 Å². The zero-order chi connectivity index (χ0) is 19.5. The standard InChI is InChI=1S/C19H22F3N3O2/c1-27-15-7-3-2-6-14(15)18(9-4-5-10-18)13-23-17(26)12-25-11-8-16(24-25)19(20,21)22/h2-3,6-8,11H,4-5,9-10,12-13H2,1H3,(H,23,26). The van der Waals surface area contributed by atoms with E-state index >= 15 is 0 Å². The zero-order valence-corrected chi connectivity index (χ0v) is 15.1. The molecule has 0 saturated heterocycles. The van der Waals surface area contributed by atoms with Crippen LogP contribution in [0, 0.1) is 0 Å². The molecule has 2 aromatic rings. The van der Waals surface area contributed by atoms with Gasteiger partial charge in [-0.05, 0) is 25.0 Å². The first-order chi connectivity index (χ1) is 12.8. The Morgan fingerprint density at radius 2 is 1.96 bits per heavy atom. The van der Waals surface area contributed by atoms with Crippen molar-refractivity contribution in [2.45, 2.75) is 43.8 Å². The first-order valence-electron chi connectivity index (χ1n) is 8.85. The highest BCUT2D eigenvalue weighted by Crippen LogP contribution is 2.44. The Morgan fingerprint density at radius 1 is 1.26 bits per heavy atom. The number of ether oxygens (including phenoxy) is 1. The van der Waals surface area contributed by atoms with Crippen LogP contribution in [-0.4, -0.2) is 29.3 Å². The van der Waals surface area contributed by atoms with E-state index in [2.05, 4.69) is 10.4 Å². The number of carbonyl (C=O) groups excluding carboxylic acids is 1. The lowest BCUT2D eigenvalue weighted by Gasteiger charge is -2.31. The van der Waals surface area contributed by atoms with Crippen LogP contribution < -0.4 is 10.1 Å². The molecule has 0 atom stereocenters. The van der Waals surface area contributed by atoms with Crippen LogP contribution in [0.4, 0.5) is 13.2 Å². The molecular weight excluding hydrogens is 359 g/mol. The monoisotopic (exact) mass is 381 g/mol. The summed E-state index contributed by atoms with van der Waals surface area (Å²) in [6, 6.07) is 8.63. The van der Waals surface area contributed by atoms with E-state index < -0.39 is 11.9 Å². The van der Waals surface area contributed by atoms with Gasteiger partial charge in [0.2, 0.25) is 5.91 Å². The van der Waals surface area contributed by atoms with Crippen LogP contribution in [-0.2, 0) is 22.9 Å². The SMILES string of the molecule is COc1ccccc1C1(CNC(=O)Cn2ccc(C(F)(F)F)n2)CCCC1. The molecule has 1 amide bonds. The lowest BCUT2D eigenvalue weighted by Crippen LogP contribution is -2.40. The quantitative estimate of drug-likeness (QED) is 0.833. The van der Waals surface area contributed by atoms with Gasteiger partial charge in [0.05, 0.1) is 7.11 Å². The molecule has 0 bridgehead atoms. The molecule has 0 aliphatic heterocycles. The van der Waals surface area contributed by atoms with Crippen molar-refractivity contribution in [1.82, 2.24) is 15.1 Å². The van der Waals surface area contributed by atoms with Gasteiger partial charge >= 0.3 is 6.18 Å². The molecule has 8 heteroatoms. The molecule has 1 fully saturated rings. The second-order valence-corrected chi connectivity index (χ2v) is 6.86. The van der Waals surface area contributed by atoms with Crippen molar-refractivity contribution < 1.29 is 22.7 Å². The molecule has 5 nitrogen and oxygen atoms in total. The van der Waals surface area contributed by atoms with E-state index in [1.54, 1.807) is 7.11 Å². The molecule has 146 valence electrons. The van der Waals surface area contributed by atoms with E-state index in [0.29, 0.717) is 6.54 Å². The molecule has 1 aliphatic rings. The van der Waals surface area contributed by atoms with Crippen LogP contribution in [0.2, 0.25) is 0 Å². The number of para-hydroxylation sites is 1. The van der Waals surface area contributed by atoms with Gasteiger partial charge in [0.25, 0.3) is 0 Å². The Kier molecular flexibility index (Phi) is 5.43. The number of amides is 1. The van der Waals surface area contributed by atoms with Crippen LogP contribution in [0.25, 0.3) is 0 Å². The molecule has 1 heterocycles. The van der Waals surface area contributed by atoms with E-state index in [1.807, 2.05) is 24.3 Å². The van der Waals surface area contributed by atoms with E-state index in [9.17, 15) is 18.0 Å². The van der Waals surface area contributed by atoms with E-state index in [0.717, 1.165) is 53.9 Å². The normalized spacial score (nSPS) is 16.3. The van der Waals surface area contributed by atoms with Crippen molar-refractivity contribution in [3.63, 3.8) is 0 Å². The van der Waals surface area contributed by atoms with E-state index in [1.165, 1.54) is 0 Å². The van der Waals surface area contributed by atoms with Gasteiger partial charge < -0.3 is 10.1 Å². The van der Waals surface area contributed by atoms with Crippen molar-refractivity contribution in [2.75, 3.05) is 13.7 Å². The number of methoxy groups -OCH3 is 1. The maximum Gasteiger partial charge on any atom is 0.435 e. The Bertz CT molecular complexity index is 795. The van der Waals surface area contributed by atoms with Crippen LogP contribution in [0.1, 0.15) is 36.9 Å². The molecule has 27 heavy (non-hydrogen) atoms. The van der Waals surface area contributed by atoms with Gasteiger partial charge in [0, 0.05) is 23.7 Å². The number of nitrogens with zero attached hydrogens (tertiary/aromatic N) is 2. The van der Waals surface area contributed by atoms with Gasteiger partial charge in [-0.1, -0.05) is 31.0 Å². The van der Waals surface area contributed by atoms with Crippen molar-refractivity contribution in [2.24, 2.45) is 0 Å². The second-order valence-electron chi connectivity index (χ2n) is 6.86. The number of nitrogens with one attached hydrogen (secondary N) is 1. The Balaban J connectivity index is 1.68. The zero-order valence-electron chi connectivity index (χ0n) is 15.1. The Labute approximate surface area is 155 Å². The smallest absolute Gasteiger partial charge is 0.435 e. The lowest BCUT2D eigenvalue weighted by molar-refractivity contribution is -0.141. The highest BCUT2D eigenvalue weighted by Gasteiger charge is 2.38. The van der Waals surface area contributed by atoms with Gasteiger partial charge in [-0.25, -0.2) is 0 Å². The number of halogens is 3. The highest BCUT2D eigenvalue weighted by molar-refractivity contribution is 5.75. The number of rotatable bonds is 6. The van der Waals surface area contributed by atoms with Gasteiger partial charge in [-0.3, -0.25) is 9.48 Å². The van der Waals surface area contributed by atoms with E-state index in [-0.39, 0.29) is 17.9 Å². The molecule has 1 aliphatic carbocycles. The molecule has 1 N–H and O–H groups in total. The maximum absolute atomic E-state index is 12.6. The molecule has 1 aromatic carbocycles. The fourth-order valence-corrected chi connectivity index (χ4v) is 3.75. The lowest BCUT2D eigenvalue weighted by atomic mass is 9.78. The summed E-state index contributed by atoms with van der Waals surface area (Å²) in [6.07, 6.45) is 0.610. The van der Waals surface area contributed by atoms with Gasteiger partial charge in [0.15, 0.2) is 5.69 Å². The third-order valence-electron chi connectivity index (χ3n) is 5.10. The summed E-state index contributed by atoms with van der Waals surface area (Å²) in [6.45, 7) is 0.164. The average Bonchev–Trinajstić information content (AvgIpc) is 3.30. The molecule has 0 unspecified atom stereocenters. The Hall–Kier alpha value is -2.51. The summed E-state index contributed by atoms with van der Waals surface area (Å²) in [5, 5.41) is 6.29. The summed E-state index contributed by atoms with van der Waals surface area (Å²) in [5.41, 5.74) is -0.163. The van der Waals surface area contributed by atoms with Crippen LogP contribution in [0.15, 0.2) is 36.5 Å². The fourth-order valence-electron chi connectivity index (χ4n) is 3.75. The Morgan fingerprint density at radius 3 is 2.59 bits per heavy atom. The summed E-state index contributed by atoms with van der Waals surface area (Å²) in [5.74, 6) is 0.420. The number of aromatic nitrogens is 2. The first-order valence-corrected chi connectivity index (χ1v) is 8.85. The van der Waals surface area contributed by atoms with Crippen LogP contribution in [0.3, 0.4) is 0 Å². The minimum atomic E-state index is -4.51. The summed E-state index contributed by atoms with van der Waals surface area (Å²) < 4.78 is 44.3. The number of carbonyl (C=O) groups is 1. The number of hydrogen-bond donors (Lipinski definition) is 1. The molecule has 0 radical (unpaired) electrons. The van der Waals surface area contributed by atoms with Crippen LogP contribution in [0.5, 0.6) is 5.75 Å². The summed E-state index contributed by atoms with van der Waals surface area (Å²) >= 11 is 0. The van der Waals surface area contributed by atoms with Crippen LogP contribution >= 0.6 is 0 Å². The fraction of sp³-hybridized carbons (Fsp3) is 0.474. The van der Waals surface area contributed by atoms with Gasteiger partial charge in [-0.15, -0.1) is 0 Å². The molecule has 1 saturated carbocycles. The van der Waals surface area contributed by atoms with Crippen molar-refractivity contribution in [3.8, 4) is 5.75 Å². The predicted octanol–water partition coefficient (Wildman–Crippen LogP) is 3.54. The summed E-state index contributed by atoms with van der Waals surface area (Å²) in [4.78, 5) is 12.3. The highest BCUT2D eigenvalue weighted by atomic mass is 19.4. The van der Waals surface area contributed by atoms with E-state index in [4.69, 9.17) is 4.74 Å². The average molecular weight is 381 g/mol. The van der Waals surface area contributed by atoms with Gasteiger partial charge in [0.1, 0.15) is 12.3 Å². The number of benzene rings is 1. The summed E-state index contributed by atoms with van der Waals surface area (Å²) in [7, 11) is 1.62. The van der Waals surface area contributed by atoms with Crippen molar-refractivity contribution >= 4 is 5.91 Å². The number of hydrogen-bond acceptors (Lipinski definition) is 3. The van der Waals surface area contributed by atoms with Crippen molar-refractivity contribution in [1.29, 1.82) is 0 Å². The topological polar surface area (TPSA) is 56.1 Å². The largest absolute Gasteiger partial charge is 0.496 e. The third kappa shape index (κ3) is 4.26. The molecule has 1 aromatic heterocycles. The molecular formula is C19H22F3N3O2. The minimum Gasteiger partial charge on any atom is -0.496 e. The minimum absolute atomic E-state index is 0.219. The predicted molar refractivity (Wildman–Crippen MR) is 93.4 cm³/mol. The molecule has 3 rings (SSSR count). The number of alkyl halides is 3.